The predicted molar refractivity (Wildman–Crippen MR) is 68.9 cm³/mol. The Morgan fingerprint density at radius 1 is 1.41 bits per heavy atom. The van der Waals surface area contributed by atoms with E-state index in [0.29, 0.717) is 6.61 Å². The smallest absolute Gasteiger partial charge is 0.121 e. The summed E-state index contributed by atoms with van der Waals surface area (Å²) in [6.45, 7) is 6.84. The highest BCUT2D eigenvalue weighted by Crippen LogP contribution is 2.19. The quantitative estimate of drug-likeness (QED) is 0.820. The van der Waals surface area contributed by atoms with Gasteiger partial charge in [-0.05, 0) is 38.0 Å². The molecule has 0 aliphatic rings. The molecule has 1 atom stereocenters. The summed E-state index contributed by atoms with van der Waals surface area (Å²) in [6.07, 6.45) is 0.982. The summed E-state index contributed by atoms with van der Waals surface area (Å²) in [5, 5.41) is 12.4. The average Bonchev–Trinajstić information content (AvgIpc) is 2.33. The third-order valence-electron chi connectivity index (χ3n) is 2.29. The zero-order valence-corrected chi connectivity index (χ0v) is 10.7. The molecule has 0 heterocycles. The molecule has 92 valence electrons. The zero-order valence-electron chi connectivity index (χ0n) is 10.7. The van der Waals surface area contributed by atoms with Crippen LogP contribution in [0.15, 0.2) is 24.3 Å². The van der Waals surface area contributed by atoms with Gasteiger partial charge in [-0.3, -0.25) is 5.32 Å². The molecule has 17 heavy (non-hydrogen) atoms. The normalized spacial score (nSPS) is 12.2. The van der Waals surface area contributed by atoms with E-state index in [2.05, 4.69) is 18.3 Å². The second-order valence-electron chi connectivity index (χ2n) is 4.30. The van der Waals surface area contributed by atoms with Gasteiger partial charge in [0.05, 0.1) is 12.7 Å². The molecule has 0 amide bonds. The molecule has 1 aromatic carbocycles. The van der Waals surface area contributed by atoms with Crippen molar-refractivity contribution in [3.05, 3.63) is 29.8 Å². The van der Waals surface area contributed by atoms with Gasteiger partial charge in [-0.1, -0.05) is 19.1 Å². The second-order valence-corrected chi connectivity index (χ2v) is 4.30. The first-order chi connectivity index (χ1) is 8.17. The first kappa shape index (κ1) is 13.5. The number of nitriles is 1. The number of benzene rings is 1. The Bertz CT molecular complexity index is 382. The van der Waals surface area contributed by atoms with Crippen molar-refractivity contribution < 1.29 is 4.74 Å². The van der Waals surface area contributed by atoms with E-state index in [1.165, 1.54) is 0 Å². The Morgan fingerprint density at radius 2 is 2.18 bits per heavy atom. The molecule has 3 nitrogen and oxygen atoms in total. The van der Waals surface area contributed by atoms with E-state index in [1.54, 1.807) is 0 Å². The van der Waals surface area contributed by atoms with Crippen molar-refractivity contribution in [1.82, 2.24) is 5.32 Å². The third kappa shape index (κ3) is 4.46. The topological polar surface area (TPSA) is 45.0 Å². The monoisotopic (exact) mass is 232 g/mol. The van der Waals surface area contributed by atoms with Crippen LogP contribution in [0, 0.1) is 11.3 Å². The summed E-state index contributed by atoms with van der Waals surface area (Å²) in [6, 6.07) is 9.99. The van der Waals surface area contributed by atoms with Crippen LogP contribution in [-0.2, 0) is 0 Å². The SMILES string of the molecule is CCCOc1cccc(C(C#N)NC(C)C)c1. The van der Waals surface area contributed by atoms with Crippen molar-refractivity contribution >= 4 is 0 Å². The fourth-order valence-electron chi connectivity index (χ4n) is 1.55. The van der Waals surface area contributed by atoms with Gasteiger partial charge in [0, 0.05) is 6.04 Å². The van der Waals surface area contributed by atoms with E-state index < -0.39 is 0 Å². The fraction of sp³-hybridized carbons (Fsp3) is 0.500. The molecule has 1 N–H and O–H groups in total. The van der Waals surface area contributed by atoms with Gasteiger partial charge in [0.1, 0.15) is 11.8 Å². The number of nitrogens with zero attached hydrogens (tertiary/aromatic N) is 1. The number of hydrogen-bond acceptors (Lipinski definition) is 3. The molecule has 0 spiro atoms. The molecule has 0 aromatic heterocycles. The number of nitrogens with one attached hydrogen (secondary N) is 1. The van der Waals surface area contributed by atoms with Gasteiger partial charge in [-0.25, -0.2) is 0 Å². The van der Waals surface area contributed by atoms with E-state index in [1.807, 2.05) is 38.1 Å². The van der Waals surface area contributed by atoms with Crippen LogP contribution >= 0.6 is 0 Å². The summed E-state index contributed by atoms with van der Waals surface area (Å²) < 4.78 is 5.56. The van der Waals surface area contributed by atoms with Crippen LogP contribution in [0.1, 0.15) is 38.8 Å². The molecule has 0 aliphatic carbocycles. The molecule has 0 saturated carbocycles. The van der Waals surface area contributed by atoms with E-state index in [0.717, 1.165) is 17.7 Å². The minimum atomic E-state index is -0.278. The van der Waals surface area contributed by atoms with Crippen molar-refractivity contribution in [3.8, 4) is 11.8 Å². The fourth-order valence-corrected chi connectivity index (χ4v) is 1.55. The Labute approximate surface area is 103 Å². The predicted octanol–water partition coefficient (Wildman–Crippen LogP) is 3.04. The lowest BCUT2D eigenvalue weighted by molar-refractivity contribution is 0.317. The molecule has 1 rings (SSSR count). The summed E-state index contributed by atoms with van der Waals surface area (Å²) in [7, 11) is 0. The molecule has 0 fully saturated rings. The van der Waals surface area contributed by atoms with Gasteiger partial charge >= 0.3 is 0 Å². The minimum absolute atomic E-state index is 0.278. The zero-order chi connectivity index (χ0) is 12.7. The van der Waals surface area contributed by atoms with Crippen molar-refractivity contribution in [2.75, 3.05) is 6.61 Å². The number of rotatable bonds is 6. The lowest BCUT2D eigenvalue weighted by Gasteiger charge is -2.15. The van der Waals surface area contributed by atoms with Crippen molar-refractivity contribution in [2.45, 2.75) is 39.3 Å². The lowest BCUT2D eigenvalue weighted by Crippen LogP contribution is -2.27. The van der Waals surface area contributed by atoms with Crippen LogP contribution < -0.4 is 10.1 Å². The van der Waals surface area contributed by atoms with E-state index in [9.17, 15) is 0 Å². The van der Waals surface area contributed by atoms with Crippen LogP contribution in [0.25, 0.3) is 0 Å². The van der Waals surface area contributed by atoms with Gasteiger partial charge in [0.25, 0.3) is 0 Å². The van der Waals surface area contributed by atoms with Crippen LogP contribution in [0.2, 0.25) is 0 Å². The molecular formula is C14H20N2O. The first-order valence-corrected chi connectivity index (χ1v) is 6.05. The van der Waals surface area contributed by atoms with E-state index in [4.69, 9.17) is 10.00 Å². The third-order valence-corrected chi connectivity index (χ3v) is 2.29. The molecule has 0 aliphatic heterocycles. The summed E-state index contributed by atoms with van der Waals surface area (Å²) >= 11 is 0. The van der Waals surface area contributed by atoms with E-state index >= 15 is 0 Å². The van der Waals surface area contributed by atoms with Crippen molar-refractivity contribution in [2.24, 2.45) is 0 Å². The summed E-state index contributed by atoms with van der Waals surface area (Å²) in [4.78, 5) is 0. The maximum absolute atomic E-state index is 9.14. The van der Waals surface area contributed by atoms with Gasteiger partial charge in [-0.2, -0.15) is 5.26 Å². The maximum Gasteiger partial charge on any atom is 0.121 e. The lowest BCUT2D eigenvalue weighted by atomic mass is 10.1. The maximum atomic E-state index is 9.14. The summed E-state index contributed by atoms with van der Waals surface area (Å²) in [5.74, 6) is 0.829. The molecule has 1 unspecified atom stereocenters. The number of hydrogen-bond donors (Lipinski definition) is 1. The largest absolute Gasteiger partial charge is 0.494 e. The molecule has 0 saturated heterocycles. The van der Waals surface area contributed by atoms with Crippen molar-refractivity contribution in [1.29, 1.82) is 5.26 Å². The average molecular weight is 232 g/mol. The van der Waals surface area contributed by atoms with Crippen molar-refractivity contribution in [3.63, 3.8) is 0 Å². The Kier molecular flexibility index (Phi) is 5.51. The van der Waals surface area contributed by atoms with Crippen LogP contribution in [-0.4, -0.2) is 12.6 Å². The van der Waals surface area contributed by atoms with Gasteiger partial charge in [0.2, 0.25) is 0 Å². The first-order valence-electron chi connectivity index (χ1n) is 6.05. The highest BCUT2D eigenvalue weighted by molar-refractivity contribution is 5.33. The van der Waals surface area contributed by atoms with E-state index in [-0.39, 0.29) is 12.1 Å². The molecular weight excluding hydrogens is 212 g/mol. The highest BCUT2D eigenvalue weighted by Gasteiger charge is 2.11. The minimum Gasteiger partial charge on any atom is -0.494 e. The Hall–Kier alpha value is -1.53. The van der Waals surface area contributed by atoms with Gasteiger partial charge < -0.3 is 4.74 Å². The van der Waals surface area contributed by atoms with Gasteiger partial charge in [-0.15, -0.1) is 0 Å². The van der Waals surface area contributed by atoms with Crippen LogP contribution in [0.5, 0.6) is 5.75 Å². The Morgan fingerprint density at radius 3 is 2.76 bits per heavy atom. The van der Waals surface area contributed by atoms with Crippen LogP contribution in [0.4, 0.5) is 0 Å². The van der Waals surface area contributed by atoms with Gasteiger partial charge in [0.15, 0.2) is 0 Å². The molecule has 3 heteroatoms. The molecule has 1 aromatic rings. The summed E-state index contributed by atoms with van der Waals surface area (Å²) in [5.41, 5.74) is 0.954. The number of ether oxygens (including phenoxy) is 1. The van der Waals surface area contributed by atoms with Crippen LogP contribution in [0.3, 0.4) is 0 Å². The molecule has 0 radical (unpaired) electrons. The second kappa shape index (κ2) is 6.93. The standard InChI is InChI=1S/C14H20N2O/c1-4-8-17-13-7-5-6-12(9-13)14(10-15)16-11(2)3/h5-7,9,11,14,16H,4,8H2,1-3H3. The Balaban J connectivity index is 2.78. The highest BCUT2D eigenvalue weighted by atomic mass is 16.5. The molecule has 0 bridgehead atoms.